The first kappa shape index (κ1) is 31.5. The fourth-order valence-corrected chi connectivity index (χ4v) is 5.20. The van der Waals surface area contributed by atoms with Crippen LogP contribution in [-0.4, -0.2) is 51.3 Å². The van der Waals surface area contributed by atoms with Crippen LogP contribution in [0.1, 0.15) is 60.9 Å². The molecule has 0 atom stereocenters. The molecule has 12 heteroatoms. The van der Waals surface area contributed by atoms with Gasteiger partial charge in [0.25, 0.3) is 5.91 Å². The van der Waals surface area contributed by atoms with E-state index in [4.69, 9.17) is 5.11 Å². The van der Waals surface area contributed by atoms with Crippen LogP contribution in [0.25, 0.3) is 0 Å². The monoisotopic (exact) mass is 675 g/mol. The number of carbonyl (C=O) groups excluding carboxylic acids is 2. The molecule has 3 rings (SSSR count). The van der Waals surface area contributed by atoms with Gasteiger partial charge in [-0.2, -0.15) is 0 Å². The number of rotatable bonds is 12. The van der Waals surface area contributed by atoms with Gasteiger partial charge in [-0.25, -0.2) is 4.79 Å². The van der Waals surface area contributed by atoms with E-state index >= 15 is 0 Å². The number of carboxylic acids is 1. The summed E-state index contributed by atoms with van der Waals surface area (Å²) in [5.41, 5.74) is 1.52. The number of ether oxygens (including phenoxy) is 1. The molecule has 3 N–H and O–H groups in total. The molecule has 1 aliphatic rings. The summed E-state index contributed by atoms with van der Waals surface area (Å²) in [6.45, 7) is 0.304. The molecular formula is C28H33F3IN3O5. The zero-order chi connectivity index (χ0) is 29.1. The number of hydrogen-bond donors (Lipinski definition) is 3. The number of aliphatic carboxylic acids is 1. The summed E-state index contributed by atoms with van der Waals surface area (Å²) in [6, 6.07) is 11.4. The highest BCUT2D eigenvalue weighted by Gasteiger charge is 2.31. The largest absolute Gasteiger partial charge is 0.573 e. The van der Waals surface area contributed by atoms with Crippen molar-refractivity contribution in [2.45, 2.75) is 63.9 Å². The zero-order valence-electron chi connectivity index (χ0n) is 21.9. The normalized spacial score (nSPS) is 17.1. The summed E-state index contributed by atoms with van der Waals surface area (Å²) in [7, 11) is 0. The topological polar surface area (TPSA) is 108 Å². The Balaban J connectivity index is 1.69. The average Bonchev–Trinajstić information content (AvgIpc) is 2.91. The van der Waals surface area contributed by atoms with Gasteiger partial charge >= 0.3 is 18.4 Å². The van der Waals surface area contributed by atoms with Gasteiger partial charge in [0.05, 0.1) is 6.42 Å². The van der Waals surface area contributed by atoms with Crippen LogP contribution in [-0.2, 0) is 11.3 Å². The molecule has 1 saturated carbocycles. The van der Waals surface area contributed by atoms with Gasteiger partial charge in [0.1, 0.15) is 5.75 Å². The predicted molar refractivity (Wildman–Crippen MR) is 153 cm³/mol. The van der Waals surface area contributed by atoms with Crippen molar-refractivity contribution in [3.8, 4) is 5.75 Å². The fourth-order valence-electron chi connectivity index (χ4n) is 4.76. The van der Waals surface area contributed by atoms with Crippen molar-refractivity contribution in [3.05, 3.63) is 59.7 Å². The number of nitrogens with one attached hydrogen (secondary N) is 2. The van der Waals surface area contributed by atoms with Crippen molar-refractivity contribution in [2.24, 2.45) is 5.92 Å². The van der Waals surface area contributed by atoms with E-state index in [2.05, 4.69) is 38.0 Å². The Hall–Kier alpha value is -3.03. The third kappa shape index (κ3) is 10.5. The quantitative estimate of drug-likeness (QED) is 0.174. The van der Waals surface area contributed by atoms with Crippen LogP contribution in [0.4, 0.5) is 23.7 Å². The lowest BCUT2D eigenvalue weighted by Crippen LogP contribution is -2.44. The van der Waals surface area contributed by atoms with Crippen molar-refractivity contribution >= 4 is 46.2 Å². The van der Waals surface area contributed by atoms with Gasteiger partial charge in [0, 0.05) is 30.4 Å². The third-order valence-corrected chi connectivity index (χ3v) is 7.56. The maximum Gasteiger partial charge on any atom is 0.573 e. The fraction of sp³-hybridized carbons (Fsp3) is 0.464. The highest BCUT2D eigenvalue weighted by Crippen LogP contribution is 2.32. The molecule has 2 aromatic rings. The standard InChI is InChI=1S/C28H33F3IN3O5/c29-28(30,31)40-24-13-9-22(10-14-24)34-27(39)35(23-11-5-19(6-12-23)2-1-16-32)18-20-3-7-21(8-4-20)26(38)33-17-15-25(36)37/h3-4,7-10,13-14,19,23H,1-2,5-6,11-12,15-18H2,(H,33,38)(H,34,39)(H,36,37). The summed E-state index contributed by atoms with van der Waals surface area (Å²) in [5.74, 6) is -1.13. The number of amides is 3. The van der Waals surface area contributed by atoms with Crippen LogP contribution in [0.15, 0.2) is 48.5 Å². The Labute approximate surface area is 244 Å². The van der Waals surface area contributed by atoms with Crippen molar-refractivity contribution in [1.29, 1.82) is 0 Å². The van der Waals surface area contributed by atoms with Crippen LogP contribution in [0.2, 0.25) is 0 Å². The molecule has 0 unspecified atom stereocenters. The molecule has 0 aliphatic heterocycles. The van der Waals surface area contributed by atoms with Crippen LogP contribution >= 0.6 is 22.6 Å². The smallest absolute Gasteiger partial charge is 0.481 e. The predicted octanol–water partition coefficient (Wildman–Crippen LogP) is 6.60. The molecule has 0 bridgehead atoms. The van der Waals surface area contributed by atoms with E-state index in [0.29, 0.717) is 17.2 Å². The van der Waals surface area contributed by atoms with E-state index in [-0.39, 0.29) is 43.2 Å². The molecule has 0 aromatic heterocycles. The maximum absolute atomic E-state index is 13.4. The second kappa shape index (κ2) is 15.1. The first-order valence-corrected chi connectivity index (χ1v) is 14.6. The number of benzene rings is 2. The summed E-state index contributed by atoms with van der Waals surface area (Å²) in [6.07, 6.45) is 1.10. The van der Waals surface area contributed by atoms with E-state index in [0.717, 1.165) is 47.8 Å². The number of halogens is 4. The summed E-state index contributed by atoms with van der Waals surface area (Å²) < 4.78 is 42.5. The summed E-state index contributed by atoms with van der Waals surface area (Å²) in [5, 5.41) is 14.1. The zero-order valence-corrected chi connectivity index (χ0v) is 24.0. The van der Waals surface area contributed by atoms with Gasteiger partial charge in [0.2, 0.25) is 0 Å². The molecular weight excluding hydrogens is 642 g/mol. The van der Waals surface area contributed by atoms with Gasteiger partial charge in [0.15, 0.2) is 0 Å². The van der Waals surface area contributed by atoms with Crippen LogP contribution in [0.3, 0.4) is 0 Å². The Kier molecular flexibility index (Phi) is 11.9. The lowest BCUT2D eigenvalue weighted by molar-refractivity contribution is -0.274. The number of carboxylic acid groups (broad SMARTS) is 1. The minimum atomic E-state index is -4.80. The number of anilines is 1. The summed E-state index contributed by atoms with van der Waals surface area (Å²) >= 11 is 2.38. The highest BCUT2D eigenvalue weighted by atomic mass is 127. The van der Waals surface area contributed by atoms with E-state index in [9.17, 15) is 27.6 Å². The summed E-state index contributed by atoms with van der Waals surface area (Å²) in [4.78, 5) is 38.1. The number of nitrogens with zero attached hydrogens (tertiary/aromatic N) is 1. The number of alkyl halides is 4. The van der Waals surface area contributed by atoms with Crippen molar-refractivity contribution in [3.63, 3.8) is 0 Å². The second-order valence-electron chi connectivity index (χ2n) is 9.73. The van der Waals surface area contributed by atoms with Gasteiger partial charge in [-0.15, -0.1) is 13.2 Å². The molecule has 1 aliphatic carbocycles. The molecule has 218 valence electrons. The van der Waals surface area contributed by atoms with Gasteiger partial charge in [-0.3, -0.25) is 9.59 Å². The Morgan fingerprint density at radius 2 is 1.65 bits per heavy atom. The van der Waals surface area contributed by atoms with Crippen LogP contribution < -0.4 is 15.4 Å². The maximum atomic E-state index is 13.4. The van der Waals surface area contributed by atoms with Gasteiger partial charge in [-0.05, 0) is 90.8 Å². The molecule has 0 saturated heterocycles. The van der Waals surface area contributed by atoms with Gasteiger partial charge < -0.3 is 25.4 Å². The van der Waals surface area contributed by atoms with Crippen LogP contribution in [0.5, 0.6) is 5.75 Å². The Bertz CT molecular complexity index is 1120. The molecule has 3 amide bonds. The van der Waals surface area contributed by atoms with E-state index in [1.54, 1.807) is 29.2 Å². The lowest BCUT2D eigenvalue weighted by Gasteiger charge is -2.37. The molecule has 1 fully saturated rings. The van der Waals surface area contributed by atoms with Crippen LogP contribution in [0, 0.1) is 5.92 Å². The molecule has 0 spiro atoms. The van der Waals surface area contributed by atoms with Crippen molar-refractivity contribution in [1.82, 2.24) is 10.2 Å². The van der Waals surface area contributed by atoms with E-state index < -0.39 is 12.3 Å². The molecule has 40 heavy (non-hydrogen) atoms. The molecule has 0 radical (unpaired) electrons. The Morgan fingerprint density at radius 3 is 2.23 bits per heavy atom. The minimum Gasteiger partial charge on any atom is -0.481 e. The number of urea groups is 1. The average molecular weight is 675 g/mol. The number of hydrogen-bond acceptors (Lipinski definition) is 4. The van der Waals surface area contributed by atoms with Crippen molar-refractivity contribution < 1.29 is 37.4 Å². The van der Waals surface area contributed by atoms with E-state index in [1.807, 2.05) is 0 Å². The molecule has 0 heterocycles. The SMILES string of the molecule is O=C(O)CCNC(=O)c1ccc(CN(C(=O)Nc2ccc(OC(F)(F)F)cc2)C2CCC(CCCI)CC2)cc1. The Morgan fingerprint density at radius 1 is 1.00 bits per heavy atom. The highest BCUT2D eigenvalue weighted by molar-refractivity contribution is 14.1. The minimum absolute atomic E-state index is 0.0114. The lowest BCUT2D eigenvalue weighted by atomic mass is 9.83. The molecule has 8 nitrogen and oxygen atoms in total. The second-order valence-corrected chi connectivity index (χ2v) is 10.8. The van der Waals surface area contributed by atoms with Gasteiger partial charge in [-0.1, -0.05) is 34.7 Å². The number of carbonyl (C=O) groups is 3. The first-order valence-electron chi connectivity index (χ1n) is 13.1. The molecule has 2 aromatic carbocycles. The van der Waals surface area contributed by atoms with Crippen molar-refractivity contribution in [2.75, 3.05) is 16.3 Å². The van der Waals surface area contributed by atoms with E-state index in [1.165, 1.54) is 25.0 Å². The first-order chi connectivity index (χ1) is 19.0. The third-order valence-electron chi connectivity index (χ3n) is 6.80.